The largest absolute Gasteiger partial charge is 0.369 e. The van der Waals surface area contributed by atoms with E-state index in [1.54, 1.807) is 21.0 Å². The smallest absolute Gasteiger partial charge is 0.251 e. The van der Waals surface area contributed by atoms with Gasteiger partial charge in [-0.05, 0) is 52.1 Å². The molecule has 1 atom stereocenters. The van der Waals surface area contributed by atoms with E-state index in [-0.39, 0.29) is 5.91 Å². The van der Waals surface area contributed by atoms with Crippen LogP contribution in [0.5, 0.6) is 0 Å². The molecule has 1 saturated heterocycles. The van der Waals surface area contributed by atoms with Gasteiger partial charge in [0.1, 0.15) is 5.60 Å². The van der Waals surface area contributed by atoms with Gasteiger partial charge in [0, 0.05) is 13.7 Å². The lowest BCUT2D eigenvalue weighted by Gasteiger charge is -2.25. The normalized spacial score (nSPS) is 21.8. The summed E-state index contributed by atoms with van der Waals surface area (Å²) in [6.45, 7) is 6.54. The summed E-state index contributed by atoms with van der Waals surface area (Å²) in [5, 5.41) is 6.31. The number of ether oxygens (including phenoxy) is 1. The lowest BCUT2D eigenvalue weighted by molar-refractivity contribution is -0.139. The molecule has 0 aromatic rings. The molecule has 94 valence electrons. The average Bonchev–Trinajstić information content (AvgIpc) is 2.30. The minimum Gasteiger partial charge on any atom is -0.369 e. The van der Waals surface area contributed by atoms with E-state index in [2.05, 4.69) is 10.6 Å². The Morgan fingerprint density at radius 1 is 1.56 bits per heavy atom. The molecule has 0 aliphatic carbocycles. The summed E-state index contributed by atoms with van der Waals surface area (Å²) in [5.41, 5.74) is -0.717. The van der Waals surface area contributed by atoms with Gasteiger partial charge in [0.05, 0.1) is 0 Å². The van der Waals surface area contributed by atoms with Crippen LogP contribution in [0.3, 0.4) is 0 Å². The number of methoxy groups -OCH3 is 1. The molecule has 0 aromatic heterocycles. The van der Waals surface area contributed by atoms with Gasteiger partial charge in [-0.1, -0.05) is 0 Å². The molecule has 1 aliphatic rings. The van der Waals surface area contributed by atoms with Crippen molar-refractivity contribution in [2.75, 3.05) is 26.7 Å². The summed E-state index contributed by atoms with van der Waals surface area (Å²) >= 11 is 0. The van der Waals surface area contributed by atoms with Crippen LogP contribution in [0.25, 0.3) is 0 Å². The highest BCUT2D eigenvalue weighted by molar-refractivity contribution is 5.84. The third-order valence-electron chi connectivity index (χ3n) is 3.29. The van der Waals surface area contributed by atoms with Gasteiger partial charge in [-0.2, -0.15) is 0 Å². The van der Waals surface area contributed by atoms with Crippen LogP contribution >= 0.6 is 0 Å². The topological polar surface area (TPSA) is 50.4 Å². The SMILES string of the molecule is COC(C)(C)C(=O)NCCC1CCCNC1. The van der Waals surface area contributed by atoms with Gasteiger partial charge in [-0.15, -0.1) is 0 Å². The summed E-state index contributed by atoms with van der Waals surface area (Å²) in [7, 11) is 1.56. The molecule has 1 unspecified atom stereocenters. The number of amides is 1. The predicted molar refractivity (Wildman–Crippen MR) is 64.3 cm³/mol. The molecule has 0 saturated carbocycles. The summed E-state index contributed by atoms with van der Waals surface area (Å²) in [6, 6.07) is 0. The number of nitrogens with one attached hydrogen (secondary N) is 2. The lowest BCUT2D eigenvalue weighted by atomic mass is 9.96. The molecule has 2 N–H and O–H groups in total. The number of carbonyl (C=O) groups is 1. The van der Waals surface area contributed by atoms with E-state index in [9.17, 15) is 4.79 Å². The summed E-state index contributed by atoms with van der Waals surface area (Å²) < 4.78 is 5.12. The van der Waals surface area contributed by atoms with E-state index in [1.165, 1.54) is 12.8 Å². The lowest BCUT2D eigenvalue weighted by Crippen LogP contribution is -2.44. The minimum absolute atomic E-state index is 0.0289. The molecule has 1 fully saturated rings. The van der Waals surface area contributed by atoms with Gasteiger partial charge in [0.15, 0.2) is 0 Å². The van der Waals surface area contributed by atoms with Crippen LogP contribution in [0.2, 0.25) is 0 Å². The first-order chi connectivity index (χ1) is 7.56. The minimum atomic E-state index is -0.717. The Hall–Kier alpha value is -0.610. The molecule has 1 heterocycles. The van der Waals surface area contributed by atoms with E-state index >= 15 is 0 Å². The van der Waals surface area contributed by atoms with E-state index in [0.717, 1.165) is 26.1 Å². The number of hydrogen-bond acceptors (Lipinski definition) is 3. The van der Waals surface area contributed by atoms with Crippen molar-refractivity contribution >= 4 is 5.91 Å². The quantitative estimate of drug-likeness (QED) is 0.735. The zero-order valence-corrected chi connectivity index (χ0v) is 10.6. The fourth-order valence-corrected chi connectivity index (χ4v) is 1.87. The zero-order valence-electron chi connectivity index (χ0n) is 10.6. The Labute approximate surface area is 98.1 Å². The van der Waals surface area contributed by atoms with Crippen LogP contribution in [0.15, 0.2) is 0 Å². The summed E-state index contributed by atoms with van der Waals surface area (Å²) in [6.07, 6.45) is 3.58. The van der Waals surface area contributed by atoms with Crippen molar-refractivity contribution in [1.82, 2.24) is 10.6 Å². The van der Waals surface area contributed by atoms with Crippen LogP contribution in [-0.2, 0) is 9.53 Å². The van der Waals surface area contributed by atoms with Crippen LogP contribution in [0, 0.1) is 5.92 Å². The first-order valence-corrected chi connectivity index (χ1v) is 6.10. The van der Waals surface area contributed by atoms with E-state index < -0.39 is 5.60 Å². The maximum absolute atomic E-state index is 11.7. The van der Waals surface area contributed by atoms with Gasteiger partial charge in [0.25, 0.3) is 5.91 Å². The monoisotopic (exact) mass is 228 g/mol. The maximum atomic E-state index is 11.7. The van der Waals surface area contributed by atoms with Crippen molar-refractivity contribution in [2.24, 2.45) is 5.92 Å². The van der Waals surface area contributed by atoms with Crippen molar-refractivity contribution < 1.29 is 9.53 Å². The van der Waals surface area contributed by atoms with Crippen LogP contribution < -0.4 is 10.6 Å². The standard InChI is InChI=1S/C12H24N2O2/c1-12(2,16-3)11(15)14-8-6-10-5-4-7-13-9-10/h10,13H,4-9H2,1-3H3,(H,14,15). The number of hydrogen-bond donors (Lipinski definition) is 2. The van der Waals surface area contributed by atoms with Crippen LogP contribution in [-0.4, -0.2) is 38.3 Å². The Bertz CT molecular complexity index is 223. The molecule has 0 spiro atoms. The Morgan fingerprint density at radius 3 is 2.88 bits per heavy atom. The highest BCUT2D eigenvalue weighted by Gasteiger charge is 2.26. The maximum Gasteiger partial charge on any atom is 0.251 e. The second-order valence-corrected chi connectivity index (χ2v) is 4.97. The molecule has 1 rings (SSSR count). The molecule has 4 nitrogen and oxygen atoms in total. The Kier molecular flexibility index (Phi) is 5.22. The molecular weight excluding hydrogens is 204 g/mol. The highest BCUT2D eigenvalue weighted by Crippen LogP contribution is 2.13. The number of carbonyl (C=O) groups excluding carboxylic acids is 1. The molecule has 1 amide bonds. The third kappa shape index (κ3) is 4.10. The third-order valence-corrected chi connectivity index (χ3v) is 3.29. The second kappa shape index (κ2) is 6.21. The van der Waals surface area contributed by atoms with E-state index in [1.807, 2.05) is 0 Å². The molecule has 4 heteroatoms. The molecule has 0 aromatic carbocycles. The first-order valence-electron chi connectivity index (χ1n) is 6.10. The molecular formula is C12H24N2O2. The van der Waals surface area contributed by atoms with Crippen molar-refractivity contribution in [3.05, 3.63) is 0 Å². The zero-order chi connectivity index (χ0) is 12.0. The van der Waals surface area contributed by atoms with Crippen molar-refractivity contribution in [3.63, 3.8) is 0 Å². The second-order valence-electron chi connectivity index (χ2n) is 4.97. The molecule has 0 bridgehead atoms. The number of rotatable bonds is 5. The molecule has 0 radical (unpaired) electrons. The van der Waals surface area contributed by atoms with Gasteiger partial charge in [-0.3, -0.25) is 4.79 Å². The van der Waals surface area contributed by atoms with Crippen molar-refractivity contribution in [3.8, 4) is 0 Å². The van der Waals surface area contributed by atoms with E-state index in [0.29, 0.717) is 5.92 Å². The molecule has 16 heavy (non-hydrogen) atoms. The van der Waals surface area contributed by atoms with Crippen LogP contribution in [0.1, 0.15) is 33.1 Å². The Morgan fingerprint density at radius 2 is 2.31 bits per heavy atom. The van der Waals surface area contributed by atoms with Gasteiger partial charge >= 0.3 is 0 Å². The Balaban J connectivity index is 2.17. The van der Waals surface area contributed by atoms with Crippen LogP contribution in [0.4, 0.5) is 0 Å². The predicted octanol–water partition coefficient (Wildman–Crippen LogP) is 0.917. The fraction of sp³-hybridized carbons (Fsp3) is 0.917. The van der Waals surface area contributed by atoms with Gasteiger partial charge in [-0.25, -0.2) is 0 Å². The van der Waals surface area contributed by atoms with E-state index in [4.69, 9.17) is 4.74 Å². The average molecular weight is 228 g/mol. The first kappa shape index (κ1) is 13.5. The number of piperidine rings is 1. The summed E-state index contributed by atoms with van der Waals surface area (Å²) in [4.78, 5) is 11.7. The van der Waals surface area contributed by atoms with Gasteiger partial charge < -0.3 is 15.4 Å². The summed E-state index contributed by atoms with van der Waals surface area (Å²) in [5.74, 6) is 0.679. The fourth-order valence-electron chi connectivity index (χ4n) is 1.87. The molecule has 1 aliphatic heterocycles. The van der Waals surface area contributed by atoms with Gasteiger partial charge in [0.2, 0.25) is 0 Å². The van der Waals surface area contributed by atoms with Crippen molar-refractivity contribution in [2.45, 2.75) is 38.7 Å². The highest BCUT2D eigenvalue weighted by atomic mass is 16.5. The van der Waals surface area contributed by atoms with Crippen molar-refractivity contribution in [1.29, 1.82) is 0 Å².